The first-order valence-electron chi connectivity index (χ1n) is 4.52. The molecule has 0 saturated carbocycles. The van der Waals surface area contributed by atoms with Crippen molar-refractivity contribution in [3.05, 3.63) is 33.8 Å². The molecule has 1 rings (SSSR count). The number of hydrogen-bond acceptors (Lipinski definition) is 1. The van der Waals surface area contributed by atoms with Crippen LogP contribution in [0.15, 0.2) is 22.7 Å². The molecule has 1 aromatic rings. The van der Waals surface area contributed by atoms with E-state index in [2.05, 4.69) is 41.1 Å². The Balaban J connectivity index is 2.70. The SMILES string of the molecule is Cc1ccc(Br)c(CC[C@@H](C)O)c1. The maximum atomic E-state index is 9.16. The molecule has 0 saturated heterocycles. The minimum atomic E-state index is -0.215. The van der Waals surface area contributed by atoms with Crippen molar-refractivity contribution in [2.24, 2.45) is 0 Å². The molecule has 1 N–H and O–H groups in total. The van der Waals surface area contributed by atoms with Crippen LogP contribution >= 0.6 is 15.9 Å². The third-order valence-corrected chi connectivity index (χ3v) is 2.81. The zero-order valence-electron chi connectivity index (χ0n) is 8.05. The Kier molecular flexibility index (Phi) is 3.94. The van der Waals surface area contributed by atoms with Gasteiger partial charge in [0, 0.05) is 4.47 Å². The van der Waals surface area contributed by atoms with E-state index in [-0.39, 0.29) is 6.10 Å². The summed E-state index contributed by atoms with van der Waals surface area (Å²) in [7, 11) is 0. The van der Waals surface area contributed by atoms with Gasteiger partial charge in [-0.3, -0.25) is 0 Å². The fourth-order valence-electron chi connectivity index (χ4n) is 1.26. The second-order valence-corrected chi connectivity index (χ2v) is 4.34. The van der Waals surface area contributed by atoms with Crippen LogP contribution < -0.4 is 0 Å². The van der Waals surface area contributed by atoms with Crippen LogP contribution in [0.3, 0.4) is 0 Å². The van der Waals surface area contributed by atoms with Gasteiger partial charge >= 0.3 is 0 Å². The maximum absolute atomic E-state index is 9.16. The summed E-state index contributed by atoms with van der Waals surface area (Å²) in [6.45, 7) is 3.90. The van der Waals surface area contributed by atoms with Gasteiger partial charge in [0.1, 0.15) is 0 Å². The molecule has 0 aromatic heterocycles. The molecule has 13 heavy (non-hydrogen) atoms. The molecular formula is C11H15BrO. The first-order valence-corrected chi connectivity index (χ1v) is 5.32. The van der Waals surface area contributed by atoms with Crippen molar-refractivity contribution >= 4 is 15.9 Å². The van der Waals surface area contributed by atoms with Gasteiger partial charge in [-0.2, -0.15) is 0 Å². The van der Waals surface area contributed by atoms with Crippen LogP contribution in [0.5, 0.6) is 0 Å². The highest BCUT2D eigenvalue weighted by molar-refractivity contribution is 9.10. The molecule has 0 heterocycles. The van der Waals surface area contributed by atoms with Crippen LogP contribution in [0.25, 0.3) is 0 Å². The Hall–Kier alpha value is -0.340. The number of rotatable bonds is 3. The standard InChI is InChI=1S/C11H15BrO/c1-8-3-6-11(12)10(7-8)5-4-9(2)13/h3,6-7,9,13H,4-5H2,1-2H3/t9-/m1/s1. The van der Waals surface area contributed by atoms with Gasteiger partial charge in [-0.15, -0.1) is 0 Å². The second-order valence-electron chi connectivity index (χ2n) is 3.48. The third kappa shape index (κ3) is 3.49. The van der Waals surface area contributed by atoms with Crippen LogP contribution in [0.1, 0.15) is 24.5 Å². The average Bonchev–Trinajstić information content (AvgIpc) is 2.06. The van der Waals surface area contributed by atoms with Crippen molar-refractivity contribution in [1.29, 1.82) is 0 Å². The van der Waals surface area contributed by atoms with E-state index in [4.69, 9.17) is 5.11 Å². The number of halogens is 1. The first-order chi connectivity index (χ1) is 6.09. The van der Waals surface area contributed by atoms with Crippen LogP contribution in [0, 0.1) is 6.92 Å². The van der Waals surface area contributed by atoms with Crippen LogP contribution in [-0.2, 0) is 6.42 Å². The molecule has 0 aliphatic heterocycles. The summed E-state index contributed by atoms with van der Waals surface area (Å²) in [5, 5.41) is 9.16. The molecule has 0 unspecified atom stereocenters. The predicted molar refractivity (Wildman–Crippen MR) is 58.9 cm³/mol. The van der Waals surface area contributed by atoms with Crippen LogP contribution in [0.2, 0.25) is 0 Å². The fraction of sp³-hybridized carbons (Fsp3) is 0.455. The maximum Gasteiger partial charge on any atom is 0.0515 e. The highest BCUT2D eigenvalue weighted by Crippen LogP contribution is 2.19. The minimum absolute atomic E-state index is 0.215. The van der Waals surface area contributed by atoms with E-state index in [0.29, 0.717) is 0 Å². The van der Waals surface area contributed by atoms with E-state index in [9.17, 15) is 0 Å². The summed E-state index contributed by atoms with van der Waals surface area (Å²) in [4.78, 5) is 0. The molecule has 72 valence electrons. The lowest BCUT2D eigenvalue weighted by atomic mass is 10.1. The monoisotopic (exact) mass is 242 g/mol. The molecule has 1 nitrogen and oxygen atoms in total. The third-order valence-electron chi connectivity index (χ3n) is 2.03. The van der Waals surface area contributed by atoms with Crippen molar-refractivity contribution in [2.45, 2.75) is 32.8 Å². The molecule has 0 amide bonds. The summed E-state index contributed by atoms with van der Waals surface area (Å²) < 4.78 is 1.14. The van der Waals surface area contributed by atoms with E-state index in [1.807, 2.05) is 6.92 Å². The molecule has 2 heteroatoms. The van der Waals surface area contributed by atoms with Gasteiger partial charge < -0.3 is 5.11 Å². The lowest BCUT2D eigenvalue weighted by Gasteiger charge is -2.07. The van der Waals surface area contributed by atoms with Gasteiger partial charge in [0.15, 0.2) is 0 Å². The van der Waals surface area contributed by atoms with Gasteiger partial charge in [-0.1, -0.05) is 33.6 Å². The summed E-state index contributed by atoms with van der Waals surface area (Å²) in [6, 6.07) is 6.30. The molecule has 0 bridgehead atoms. The topological polar surface area (TPSA) is 20.2 Å². The van der Waals surface area contributed by atoms with Gasteiger partial charge in [-0.25, -0.2) is 0 Å². The zero-order chi connectivity index (χ0) is 9.84. The van der Waals surface area contributed by atoms with Crippen molar-refractivity contribution in [3.63, 3.8) is 0 Å². The summed E-state index contributed by atoms with van der Waals surface area (Å²) in [6.07, 6.45) is 1.54. The Morgan fingerprint density at radius 1 is 1.46 bits per heavy atom. The van der Waals surface area contributed by atoms with Crippen molar-refractivity contribution < 1.29 is 5.11 Å². The number of aryl methyl sites for hydroxylation is 2. The quantitative estimate of drug-likeness (QED) is 0.864. The molecule has 0 spiro atoms. The van der Waals surface area contributed by atoms with Gasteiger partial charge in [0.05, 0.1) is 6.10 Å². The second kappa shape index (κ2) is 4.77. The summed E-state index contributed by atoms with van der Waals surface area (Å²) >= 11 is 3.50. The Bertz CT molecular complexity index is 281. The number of hydrogen-bond donors (Lipinski definition) is 1. The van der Waals surface area contributed by atoms with Crippen LogP contribution in [0.4, 0.5) is 0 Å². The molecule has 0 aliphatic rings. The van der Waals surface area contributed by atoms with E-state index in [0.717, 1.165) is 17.3 Å². The average molecular weight is 243 g/mol. The molecule has 0 fully saturated rings. The molecule has 1 aromatic carbocycles. The normalized spacial score (nSPS) is 12.9. The molecular weight excluding hydrogens is 228 g/mol. The van der Waals surface area contributed by atoms with E-state index in [1.165, 1.54) is 11.1 Å². The summed E-state index contributed by atoms with van der Waals surface area (Å²) in [5.41, 5.74) is 2.55. The minimum Gasteiger partial charge on any atom is -0.393 e. The first kappa shape index (κ1) is 10.7. The van der Waals surface area contributed by atoms with Gasteiger partial charge in [0.25, 0.3) is 0 Å². The van der Waals surface area contributed by atoms with Gasteiger partial charge in [-0.05, 0) is 38.3 Å². The highest BCUT2D eigenvalue weighted by atomic mass is 79.9. The smallest absolute Gasteiger partial charge is 0.0515 e. The fourth-order valence-corrected chi connectivity index (χ4v) is 1.70. The predicted octanol–water partition coefficient (Wildman–Crippen LogP) is 3.07. The van der Waals surface area contributed by atoms with Crippen molar-refractivity contribution in [1.82, 2.24) is 0 Å². The lowest BCUT2D eigenvalue weighted by molar-refractivity contribution is 0.185. The number of benzene rings is 1. The number of aliphatic hydroxyl groups is 1. The lowest BCUT2D eigenvalue weighted by Crippen LogP contribution is -2.01. The molecule has 0 radical (unpaired) electrons. The Morgan fingerprint density at radius 2 is 2.15 bits per heavy atom. The Morgan fingerprint density at radius 3 is 2.77 bits per heavy atom. The Labute approximate surface area is 87.9 Å². The summed E-state index contributed by atoms with van der Waals surface area (Å²) in [5.74, 6) is 0. The number of aliphatic hydroxyl groups excluding tert-OH is 1. The highest BCUT2D eigenvalue weighted by Gasteiger charge is 2.02. The van der Waals surface area contributed by atoms with E-state index < -0.39 is 0 Å². The van der Waals surface area contributed by atoms with E-state index in [1.54, 1.807) is 0 Å². The van der Waals surface area contributed by atoms with E-state index >= 15 is 0 Å². The van der Waals surface area contributed by atoms with Crippen molar-refractivity contribution in [2.75, 3.05) is 0 Å². The van der Waals surface area contributed by atoms with Crippen LogP contribution in [-0.4, -0.2) is 11.2 Å². The van der Waals surface area contributed by atoms with Gasteiger partial charge in [0.2, 0.25) is 0 Å². The zero-order valence-corrected chi connectivity index (χ0v) is 9.63. The van der Waals surface area contributed by atoms with Crippen molar-refractivity contribution in [3.8, 4) is 0 Å². The molecule has 1 atom stereocenters. The largest absolute Gasteiger partial charge is 0.393 e. The molecule has 0 aliphatic carbocycles.